The fourth-order valence-electron chi connectivity index (χ4n) is 1.57. The van der Waals surface area contributed by atoms with Crippen molar-refractivity contribution < 1.29 is 9.84 Å². The summed E-state index contributed by atoms with van der Waals surface area (Å²) in [7, 11) is 1.69. The van der Waals surface area contributed by atoms with E-state index in [1.807, 2.05) is 6.07 Å². The summed E-state index contributed by atoms with van der Waals surface area (Å²) in [6.07, 6.45) is 0.962. The van der Waals surface area contributed by atoms with Crippen LogP contribution in [0.1, 0.15) is 11.8 Å². The number of hydrogen-bond acceptors (Lipinski definition) is 3. The van der Waals surface area contributed by atoms with Crippen molar-refractivity contribution in [1.82, 2.24) is 0 Å². The number of benzene rings is 1. The van der Waals surface area contributed by atoms with Gasteiger partial charge >= 0.3 is 0 Å². The third kappa shape index (κ3) is 1.34. The minimum atomic E-state index is 0.309. The fourth-order valence-corrected chi connectivity index (χ4v) is 2.72. The number of phenolic OH excluding ortho intramolecular Hbond substituents is 1. The lowest BCUT2D eigenvalue weighted by molar-refractivity contribution is 0.417. The van der Waals surface area contributed by atoms with Crippen molar-refractivity contribution in [3.8, 4) is 11.5 Å². The van der Waals surface area contributed by atoms with Gasteiger partial charge in [0.1, 0.15) is 11.5 Å². The Balaban J connectivity index is 2.73. The van der Waals surface area contributed by atoms with Gasteiger partial charge in [0, 0.05) is 15.0 Å². The molecule has 0 spiro atoms. The second-order valence-electron chi connectivity index (χ2n) is 3.09. The number of methoxy groups -OCH3 is 1. The number of rotatable bonds is 2. The van der Waals surface area contributed by atoms with Crippen molar-refractivity contribution in [3.05, 3.63) is 23.1 Å². The van der Waals surface area contributed by atoms with Crippen molar-refractivity contribution in [1.29, 1.82) is 0 Å². The summed E-state index contributed by atoms with van der Waals surface area (Å²) in [5.41, 5.74) is 0. The van der Waals surface area contributed by atoms with Gasteiger partial charge in [-0.3, -0.25) is 0 Å². The van der Waals surface area contributed by atoms with E-state index in [-0.39, 0.29) is 0 Å². The molecule has 3 heteroatoms. The highest BCUT2D eigenvalue weighted by molar-refractivity contribution is 7.19. The molecule has 0 saturated carbocycles. The van der Waals surface area contributed by atoms with Crippen molar-refractivity contribution >= 4 is 21.4 Å². The topological polar surface area (TPSA) is 29.5 Å². The van der Waals surface area contributed by atoms with E-state index in [4.69, 9.17) is 4.74 Å². The smallest absolute Gasteiger partial charge is 0.140 e. The normalized spacial score (nSPS) is 10.7. The van der Waals surface area contributed by atoms with Crippen molar-refractivity contribution in [3.63, 3.8) is 0 Å². The van der Waals surface area contributed by atoms with E-state index in [2.05, 4.69) is 6.92 Å². The summed E-state index contributed by atoms with van der Waals surface area (Å²) in [4.78, 5) is 1.23. The van der Waals surface area contributed by atoms with E-state index < -0.39 is 0 Å². The van der Waals surface area contributed by atoms with Crippen molar-refractivity contribution in [2.24, 2.45) is 0 Å². The van der Waals surface area contributed by atoms with Gasteiger partial charge in [0.2, 0.25) is 0 Å². The molecular formula is C11H12O2S. The molecule has 1 aromatic heterocycles. The summed E-state index contributed by atoms with van der Waals surface area (Å²) < 4.78 is 6.44. The molecule has 0 bridgehead atoms. The molecule has 0 amide bonds. The number of hydrogen-bond donors (Lipinski definition) is 1. The van der Waals surface area contributed by atoms with Crippen LogP contribution >= 0.6 is 11.3 Å². The van der Waals surface area contributed by atoms with E-state index in [1.165, 1.54) is 4.88 Å². The molecule has 0 radical (unpaired) electrons. The first-order chi connectivity index (χ1) is 6.76. The molecule has 0 aliphatic heterocycles. The second-order valence-corrected chi connectivity index (χ2v) is 4.23. The zero-order valence-corrected chi connectivity index (χ0v) is 9.02. The van der Waals surface area contributed by atoms with Gasteiger partial charge in [-0.15, -0.1) is 11.3 Å². The summed E-state index contributed by atoms with van der Waals surface area (Å²) in [5, 5.41) is 10.4. The molecule has 0 unspecified atom stereocenters. The van der Waals surface area contributed by atoms with Crippen LogP contribution in [-0.4, -0.2) is 12.2 Å². The van der Waals surface area contributed by atoms with Crippen LogP contribution in [0.15, 0.2) is 18.2 Å². The first kappa shape index (κ1) is 9.34. The first-order valence-corrected chi connectivity index (χ1v) is 5.36. The number of ether oxygens (including phenoxy) is 1. The Labute approximate surface area is 86.8 Å². The van der Waals surface area contributed by atoms with Crippen molar-refractivity contribution in [2.45, 2.75) is 13.3 Å². The Bertz CT molecular complexity index is 460. The average molecular weight is 208 g/mol. The monoisotopic (exact) mass is 208 g/mol. The Morgan fingerprint density at radius 1 is 1.43 bits per heavy atom. The van der Waals surface area contributed by atoms with Gasteiger partial charge in [-0.2, -0.15) is 0 Å². The molecule has 1 N–H and O–H groups in total. The number of aromatic hydroxyl groups is 1. The second kappa shape index (κ2) is 3.50. The highest BCUT2D eigenvalue weighted by atomic mass is 32.1. The van der Waals surface area contributed by atoms with E-state index in [0.29, 0.717) is 5.75 Å². The van der Waals surface area contributed by atoms with Crippen LogP contribution in [-0.2, 0) is 6.42 Å². The van der Waals surface area contributed by atoms with Gasteiger partial charge in [0.05, 0.1) is 7.11 Å². The first-order valence-electron chi connectivity index (χ1n) is 4.54. The summed E-state index contributed by atoms with van der Waals surface area (Å²) in [6.45, 7) is 2.10. The van der Waals surface area contributed by atoms with E-state index in [1.54, 1.807) is 30.6 Å². The van der Waals surface area contributed by atoms with Crippen LogP contribution in [0.4, 0.5) is 0 Å². The van der Waals surface area contributed by atoms with E-state index in [9.17, 15) is 5.11 Å². The molecule has 14 heavy (non-hydrogen) atoms. The maximum Gasteiger partial charge on any atom is 0.140 e. The Morgan fingerprint density at radius 2 is 2.21 bits per heavy atom. The van der Waals surface area contributed by atoms with Crippen molar-refractivity contribution in [2.75, 3.05) is 7.11 Å². The predicted octanol–water partition coefficient (Wildman–Crippen LogP) is 3.18. The Hall–Kier alpha value is -1.22. The van der Waals surface area contributed by atoms with Crippen LogP contribution in [0.2, 0.25) is 0 Å². The van der Waals surface area contributed by atoms with Gasteiger partial charge in [-0.05, 0) is 24.6 Å². The number of fused-ring (bicyclic) bond motifs is 1. The van der Waals surface area contributed by atoms with Gasteiger partial charge in [-0.1, -0.05) is 6.92 Å². The maximum absolute atomic E-state index is 9.34. The summed E-state index contributed by atoms with van der Waals surface area (Å²) in [6, 6.07) is 5.37. The summed E-state index contributed by atoms with van der Waals surface area (Å²) in [5.74, 6) is 1.26. The molecule has 0 aliphatic carbocycles. The fraction of sp³-hybridized carbons (Fsp3) is 0.273. The molecule has 1 heterocycles. The van der Waals surface area contributed by atoms with Crippen LogP contribution in [0, 0.1) is 0 Å². The van der Waals surface area contributed by atoms with Gasteiger partial charge < -0.3 is 9.84 Å². The lowest BCUT2D eigenvalue weighted by atomic mass is 10.2. The van der Waals surface area contributed by atoms with Crippen LogP contribution in [0.25, 0.3) is 10.1 Å². The Kier molecular flexibility index (Phi) is 2.33. The molecule has 2 nitrogen and oxygen atoms in total. The maximum atomic E-state index is 9.34. The molecule has 74 valence electrons. The molecule has 1 aromatic carbocycles. The zero-order chi connectivity index (χ0) is 10.1. The minimum absolute atomic E-state index is 0.309. The average Bonchev–Trinajstić information content (AvgIpc) is 2.54. The lowest BCUT2D eigenvalue weighted by Gasteiger charge is -1.99. The molecule has 2 rings (SSSR count). The Morgan fingerprint density at radius 3 is 2.86 bits per heavy atom. The lowest BCUT2D eigenvalue weighted by Crippen LogP contribution is -1.84. The molecule has 0 atom stereocenters. The molecule has 0 saturated heterocycles. The predicted molar refractivity (Wildman–Crippen MR) is 59.4 cm³/mol. The molecule has 0 aliphatic rings. The molecular weight excluding hydrogens is 196 g/mol. The van der Waals surface area contributed by atoms with Crippen LogP contribution in [0.3, 0.4) is 0 Å². The van der Waals surface area contributed by atoms with Crippen LogP contribution in [0.5, 0.6) is 11.5 Å². The summed E-state index contributed by atoms with van der Waals surface area (Å²) >= 11 is 1.68. The van der Waals surface area contributed by atoms with Gasteiger partial charge in [0.25, 0.3) is 0 Å². The van der Waals surface area contributed by atoms with E-state index in [0.717, 1.165) is 22.3 Å². The number of phenols is 1. The SMILES string of the molecule is CCc1sc2cc(O)ccc2c1OC. The molecule has 2 aromatic rings. The minimum Gasteiger partial charge on any atom is -0.508 e. The van der Waals surface area contributed by atoms with Crippen LogP contribution < -0.4 is 4.74 Å². The third-order valence-electron chi connectivity index (χ3n) is 2.22. The largest absolute Gasteiger partial charge is 0.508 e. The van der Waals surface area contributed by atoms with Gasteiger partial charge in [-0.25, -0.2) is 0 Å². The standard InChI is InChI=1S/C11H12O2S/c1-3-9-11(13-2)8-5-4-7(12)6-10(8)14-9/h4-6,12H,3H2,1-2H3. The zero-order valence-electron chi connectivity index (χ0n) is 8.20. The van der Waals surface area contributed by atoms with E-state index >= 15 is 0 Å². The third-order valence-corrected chi connectivity index (χ3v) is 3.50. The quantitative estimate of drug-likeness (QED) is 0.821. The number of aryl methyl sites for hydroxylation is 1. The van der Waals surface area contributed by atoms with Gasteiger partial charge in [0.15, 0.2) is 0 Å². The highest BCUT2D eigenvalue weighted by Crippen LogP contribution is 2.39. The molecule has 0 fully saturated rings. The highest BCUT2D eigenvalue weighted by Gasteiger charge is 2.11. The number of thiophene rings is 1.